The van der Waals surface area contributed by atoms with Gasteiger partial charge >= 0.3 is 0 Å². The van der Waals surface area contributed by atoms with E-state index in [1.807, 2.05) is 36.1 Å². The average Bonchev–Trinajstić information content (AvgIpc) is 2.82. The van der Waals surface area contributed by atoms with Crippen molar-refractivity contribution in [2.24, 2.45) is 5.41 Å². The second-order valence-corrected chi connectivity index (χ2v) is 8.31. The molecule has 0 aliphatic carbocycles. The topological polar surface area (TPSA) is 57.7 Å². The molecular weight excluding hydrogens is 288 g/mol. The Morgan fingerprint density at radius 1 is 1.19 bits per heavy atom. The number of likely N-dealkylation sites (tertiary alicyclic amines) is 1. The van der Waals surface area contributed by atoms with Crippen molar-refractivity contribution in [1.82, 2.24) is 9.21 Å². The van der Waals surface area contributed by atoms with E-state index in [4.69, 9.17) is 0 Å². The van der Waals surface area contributed by atoms with E-state index in [1.54, 1.807) is 0 Å². The smallest absolute Gasteiger partial charge is 0.254 e. The lowest BCUT2D eigenvalue weighted by Crippen LogP contribution is -2.59. The van der Waals surface area contributed by atoms with Crippen LogP contribution in [-0.2, 0) is 10.0 Å². The van der Waals surface area contributed by atoms with Crippen molar-refractivity contribution in [3.63, 3.8) is 0 Å². The van der Waals surface area contributed by atoms with Crippen LogP contribution in [0.5, 0.6) is 0 Å². The fourth-order valence-corrected chi connectivity index (χ4v) is 4.26. The summed E-state index contributed by atoms with van der Waals surface area (Å²) in [6.45, 7) is 4.37. The molecular formula is C15H20N2O3S. The van der Waals surface area contributed by atoms with E-state index in [0.29, 0.717) is 26.2 Å². The fraction of sp³-hybridized carbons (Fsp3) is 0.533. The number of benzene rings is 1. The van der Waals surface area contributed by atoms with Crippen molar-refractivity contribution in [3.05, 3.63) is 35.4 Å². The zero-order valence-corrected chi connectivity index (χ0v) is 13.2. The van der Waals surface area contributed by atoms with Gasteiger partial charge in [-0.25, -0.2) is 12.7 Å². The molecule has 5 nitrogen and oxygen atoms in total. The van der Waals surface area contributed by atoms with Crippen LogP contribution >= 0.6 is 0 Å². The molecule has 0 N–H and O–H groups in total. The Morgan fingerprint density at radius 3 is 2.43 bits per heavy atom. The summed E-state index contributed by atoms with van der Waals surface area (Å²) >= 11 is 0. The number of aryl methyl sites for hydroxylation is 1. The van der Waals surface area contributed by atoms with E-state index in [0.717, 1.165) is 17.5 Å². The van der Waals surface area contributed by atoms with Gasteiger partial charge in [0.2, 0.25) is 10.0 Å². The highest BCUT2D eigenvalue weighted by Crippen LogP contribution is 2.41. The Balaban J connectivity index is 1.67. The van der Waals surface area contributed by atoms with Crippen molar-refractivity contribution < 1.29 is 13.2 Å². The molecule has 1 aromatic rings. The molecule has 0 bridgehead atoms. The van der Waals surface area contributed by atoms with Crippen LogP contribution in [0.25, 0.3) is 0 Å². The number of carbonyl (C=O) groups is 1. The van der Waals surface area contributed by atoms with E-state index < -0.39 is 10.0 Å². The summed E-state index contributed by atoms with van der Waals surface area (Å²) in [5.41, 5.74) is 1.69. The molecule has 0 atom stereocenters. The molecule has 2 aliphatic heterocycles. The number of amides is 1. The molecule has 21 heavy (non-hydrogen) atoms. The first-order valence-electron chi connectivity index (χ1n) is 7.11. The molecule has 114 valence electrons. The number of hydrogen-bond donors (Lipinski definition) is 0. The van der Waals surface area contributed by atoms with Gasteiger partial charge < -0.3 is 4.90 Å². The molecule has 6 heteroatoms. The molecule has 0 aromatic heterocycles. The number of rotatable bonds is 2. The lowest BCUT2D eigenvalue weighted by atomic mass is 9.78. The zero-order valence-electron chi connectivity index (χ0n) is 12.4. The predicted molar refractivity (Wildman–Crippen MR) is 80.5 cm³/mol. The van der Waals surface area contributed by atoms with Gasteiger partial charge in [0.15, 0.2) is 0 Å². The standard InChI is InChI=1S/C15H20N2O3S/c1-12-5-3-4-6-13(12)14(18)16-9-15(10-16)7-8-17(11-15)21(2,19)20/h3-6H,7-11H2,1-2H3. The van der Waals surface area contributed by atoms with Gasteiger partial charge in [-0.15, -0.1) is 0 Å². The number of carbonyl (C=O) groups excluding carboxylic acids is 1. The minimum absolute atomic E-state index is 0.0264. The molecule has 2 heterocycles. The minimum Gasteiger partial charge on any atom is -0.337 e. The van der Waals surface area contributed by atoms with Crippen LogP contribution < -0.4 is 0 Å². The summed E-state index contributed by atoms with van der Waals surface area (Å²) in [5.74, 6) is 0.0523. The Hall–Kier alpha value is -1.40. The highest BCUT2D eigenvalue weighted by molar-refractivity contribution is 7.88. The van der Waals surface area contributed by atoms with Gasteiger partial charge in [-0.1, -0.05) is 18.2 Å². The minimum atomic E-state index is -3.12. The Kier molecular flexibility index (Phi) is 3.33. The molecule has 0 unspecified atom stereocenters. The van der Waals surface area contributed by atoms with Gasteiger partial charge in [-0.2, -0.15) is 0 Å². The Bertz CT molecular complexity index is 678. The third-order valence-electron chi connectivity index (χ3n) is 4.59. The van der Waals surface area contributed by atoms with Crippen LogP contribution in [0, 0.1) is 12.3 Å². The van der Waals surface area contributed by atoms with Crippen LogP contribution in [0.2, 0.25) is 0 Å². The van der Waals surface area contributed by atoms with E-state index in [2.05, 4.69) is 0 Å². The van der Waals surface area contributed by atoms with Gasteiger partial charge in [0.1, 0.15) is 0 Å². The second-order valence-electron chi connectivity index (χ2n) is 6.32. The Morgan fingerprint density at radius 2 is 1.86 bits per heavy atom. The maximum atomic E-state index is 12.5. The van der Waals surface area contributed by atoms with Crippen molar-refractivity contribution in [2.45, 2.75) is 13.3 Å². The highest BCUT2D eigenvalue weighted by Gasteiger charge is 2.51. The quantitative estimate of drug-likeness (QED) is 0.822. The first-order chi connectivity index (χ1) is 9.81. The molecule has 1 amide bonds. The molecule has 2 fully saturated rings. The lowest BCUT2D eigenvalue weighted by Gasteiger charge is -2.48. The fourth-order valence-electron chi connectivity index (χ4n) is 3.33. The SMILES string of the molecule is Cc1ccccc1C(=O)N1CC2(CCN(S(C)(=O)=O)C2)C1. The molecule has 1 spiro atoms. The van der Waals surface area contributed by atoms with Gasteiger partial charge in [-0.05, 0) is 25.0 Å². The molecule has 2 aliphatic rings. The van der Waals surface area contributed by atoms with Gasteiger partial charge in [0.25, 0.3) is 5.91 Å². The summed E-state index contributed by atoms with van der Waals surface area (Å²) in [4.78, 5) is 14.3. The summed E-state index contributed by atoms with van der Waals surface area (Å²) in [6, 6.07) is 7.57. The second kappa shape index (κ2) is 4.81. The molecule has 0 saturated carbocycles. The van der Waals surface area contributed by atoms with Crippen LogP contribution in [0.15, 0.2) is 24.3 Å². The first-order valence-corrected chi connectivity index (χ1v) is 8.96. The molecule has 2 saturated heterocycles. The number of sulfonamides is 1. The summed E-state index contributed by atoms with van der Waals surface area (Å²) < 4.78 is 24.7. The number of hydrogen-bond acceptors (Lipinski definition) is 3. The van der Waals surface area contributed by atoms with Crippen LogP contribution in [-0.4, -0.2) is 56.0 Å². The van der Waals surface area contributed by atoms with Crippen molar-refractivity contribution in [2.75, 3.05) is 32.4 Å². The van der Waals surface area contributed by atoms with Crippen LogP contribution in [0.4, 0.5) is 0 Å². The van der Waals surface area contributed by atoms with Crippen molar-refractivity contribution >= 4 is 15.9 Å². The van der Waals surface area contributed by atoms with Gasteiger partial charge in [0.05, 0.1) is 6.26 Å². The van der Waals surface area contributed by atoms with Crippen molar-refractivity contribution in [1.29, 1.82) is 0 Å². The van der Waals surface area contributed by atoms with Gasteiger partial charge in [-0.3, -0.25) is 4.79 Å². The van der Waals surface area contributed by atoms with E-state index in [9.17, 15) is 13.2 Å². The third kappa shape index (κ3) is 2.58. The monoisotopic (exact) mass is 308 g/mol. The molecule has 3 rings (SSSR count). The van der Waals surface area contributed by atoms with E-state index in [-0.39, 0.29) is 11.3 Å². The first kappa shape index (κ1) is 14.5. The summed E-state index contributed by atoms with van der Waals surface area (Å²) in [6.07, 6.45) is 2.10. The number of nitrogens with zero attached hydrogens (tertiary/aromatic N) is 2. The third-order valence-corrected chi connectivity index (χ3v) is 5.84. The van der Waals surface area contributed by atoms with Crippen LogP contribution in [0.3, 0.4) is 0 Å². The normalized spacial score (nSPS) is 21.5. The van der Waals surface area contributed by atoms with Crippen LogP contribution in [0.1, 0.15) is 22.3 Å². The summed E-state index contributed by atoms with van der Waals surface area (Å²) in [7, 11) is -3.12. The lowest BCUT2D eigenvalue weighted by molar-refractivity contribution is 0.0136. The maximum absolute atomic E-state index is 12.5. The molecule has 0 radical (unpaired) electrons. The van der Waals surface area contributed by atoms with Crippen molar-refractivity contribution in [3.8, 4) is 0 Å². The van der Waals surface area contributed by atoms with E-state index in [1.165, 1.54) is 10.6 Å². The Labute approximate surface area is 125 Å². The predicted octanol–water partition coefficient (Wildman–Crippen LogP) is 1.10. The average molecular weight is 308 g/mol. The molecule has 1 aromatic carbocycles. The van der Waals surface area contributed by atoms with Gasteiger partial charge in [0, 0.05) is 37.2 Å². The van der Waals surface area contributed by atoms with E-state index >= 15 is 0 Å². The largest absolute Gasteiger partial charge is 0.337 e. The maximum Gasteiger partial charge on any atom is 0.254 e. The summed E-state index contributed by atoms with van der Waals surface area (Å²) in [5, 5.41) is 0. The zero-order chi connectivity index (χ0) is 15.3. The highest BCUT2D eigenvalue weighted by atomic mass is 32.2.